The molecule has 2 amide bonds. The number of carbonyl (C=O) groups is 3. The Morgan fingerprint density at radius 2 is 1.56 bits per heavy atom. The van der Waals surface area contributed by atoms with E-state index in [-0.39, 0.29) is 29.2 Å². The van der Waals surface area contributed by atoms with Crippen LogP contribution in [0.5, 0.6) is 0 Å². The number of amides is 2. The van der Waals surface area contributed by atoms with Crippen LogP contribution in [0.2, 0.25) is 0 Å². The first-order chi connectivity index (χ1) is 16.3. The number of imide groups is 1. The normalized spacial score (nSPS) is 14.3. The minimum Gasteiger partial charge on any atom is -0.456 e. The van der Waals surface area contributed by atoms with Gasteiger partial charge in [-0.15, -0.1) is 10.2 Å². The predicted octanol–water partition coefficient (Wildman–Crippen LogP) is 1.95. The molecule has 0 N–H and O–H groups in total. The van der Waals surface area contributed by atoms with Crippen LogP contribution in [0.1, 0.15) is 40.4 Å². The van der Waals surface area contributed by atoms with Crippen molar-refractivity contribution >= 4 is 34.5 Å². The van der Waals surface area contributed by atoms with Crippen LogP contribution in [0.3, 0.4) is 0 Å². The molecule has 0 bridgehead atoms. The molecule has 0 fully saturated rings. The summed E-state index contributed by atoms with van der Waals surface area (Å²) in [7, 11) is 1.59. The minimum atomic E-state index is -1.10. The second-order valence-corrected chi connectivity index (χ2v) is 8.46. The van der Waals surface area contributed by atoms with E-state index in [1.165, 1.54) is 4.57 Å². The summed E-state index contributed by atoms with van der Waals surface area (Å²) in [6, 6.07) is 12.4. The summed E-state index contributed by atoms with van der Waals surface area (Å²) in [5, 5.41) is 8.66. The Labute approximate surface area is 193 Å². The maximum absolute atomic E-state index is 13.1. The van der Waals surface area contributed by atoms with Crippen LogP contribution >= 0.6 is 0 Å². The Morgan fingerprint density at radius 1 is 0.941 bits per heavy atom. The molecule has 3 heterocycles. The van der Waals surface area contributed by atoms with Gasteiger partial charge in [-0.3, -0.25) is 28.3 Å². The summed E-state index contributed by atoms with van der Waals surface area (Å²) >= 11 is 0. The van der Waals surface area contributed by atoms with Crippen molar-refractivity contribution in [3.05, 3.63) is 75.8 Å². The number of para-hydroxylation sites is 1. The lowest BCUT2D eigenvalue weighted by molar-refractivity contribution is -0.151. The standard InChI is InChI=1S/C24H21N5O5/c1-13(2)19(29-21(31)14-8-4-5-9-15(14)22(29)32)23(33)34-12-18-25-26-24-27(3)20(30)16-10-6-7-11-17(16)28(18)24/h4-11,13,19H,12H2,1-3H3. The first-order valence-electron chi connectivity index (χ1n) is 10.8. The number of esters is 1. The van der Waals surface area contributed by atoms with Crippen LogP contribution in [-0.2, 0) is 23.2 Å². The highest BCUT2D eigenvalue weighted by Crippen LogP contribution is 2.28. The molecule has 5 rings (SSSR count). The van der Waals surface area contributed by atoms with Gasteiger partial charge >= 0.3 is 5.97 Å². The summed E-state index contributed by atoms with van der Waals surface area (Å²) in [6.07, 6.45) is 0. The van der Waals surface area contributed by atoms with Crippen molar-refractivity contribution in [2.24, 2.45) is 13.0 Å². The Hall–Kier alpha value is -4.34. The van der Waals surface area contributed by atoms with Crippen LogP contribution in [0, 0.1) is 5.92 Å². The van der Waals surface area contributed by atoms with E-state index in [2.05, 4.69) is 10.2 Å². The van der Waals surface area contributed by atoms with E-state index in [4.69, 9.17) is 4.74 Å². The number of aryl methyl sites for hydroxylation is 1. The van der Waals surface area contributed by atoms with Gasteiger partial charge in [0.25, 0.3) is 17.4 Å². The topological polar surface area (TPSA) is 116 Å². The fraction of sp³-hybridized carbons (Fsp3) is 0.250. The lowest BCUT2D eigenvalue weighted by Gasteiger charge is -2.27. The van der Waals surface area contributed by atoms with Gasteiger partial charge in [-0.25, -0.2) is 4.79 Å². The van der Waals surface area contributed by atoms with Crippen molar-refractivity contribution in [3.8, 4) is 0 Å². The van der Waals surface area contributed by atoms with Crippen LogP contribution in [-0.4, -0.2) is 47.9 Å². The minimum absolute atomic E-state index is 0.218. The molecule has 1 atom stereocenters. The van der Waals surface area contributed by atoms with Gasteiger partial charge in [0.15, 0.2) is 12.4 Å². The molecule has 4 aromatic rings. The molecule has 0 saturated heterocycles. The average molecular weight is 459 g/mol. The van der Waals surface area contributed by atoms with Crippen molar-refractivity contribution in [2.45, 2.75) is 26.5 Å². The third kappa shape index (κ3) is 3.10. The fourth-order valence-electron chi connectivity index (χ4n) is 4.34. The number of rotatable bonds is 5. The second-order valence-electron chi connectivity index (χ2n) is 8.46. The number of nitrogens with zero attached hydrogens (tertiary/aromatic N) is 5. The van der Waals surface area contributed by atoms with Gasteiger partial charge in [0.2, 0.25) is 5.78 Å². The maximum Gasteiger partial charge on any atom is 0.330 e. The van der Waals surface area contributed by atoms with E-state index in [0.29, 0.717) is 22.5 Å². The Bertz CT molecular complexity index is 1520. The summed E-state index contributed by atoms with van der Waals surface area (Å²) in [5.74, 6) is -1.55. The van der Waals surface area contributed by atoms with E-state index >= 15 is 0 Å². The zero-order valence-corrected chi connectivity index (χ0v) is 18.8. The maximum atomic E-state index is 13.1. The number of aromatic nitrogens is 4. The van der Waals surface area contributed by atoms with Crippen molar-refractivity contribution in [3.63, 3.8) is 0 Å². The molecular weight excluding hydrogens is 438 g/mol. The average Bonchev–Trinajstić information content (AvgIpc) is 3.37. The van der Waals surface area contributed by atoms with Crippen LogP contribution in [0.4, 0.5) is 0 Å². The van der Waals surface area contributed by atoms with Gasteiger partial charge in [-0.05, 0) is 30.2 Å². The van der Waals surface area contributed by atoms with E-state index in [9.17, 15) is 19.2 Å². The highest BCUT2D eigenvalue weighted by molar-refractivity contribution is 6.22. The SMILES string of the molecule is CC(C)C(C(=O)OCc1nnc2n(C)c(=O)c3ccccc3n12)N1C(=O)c2ccccc2C1=O. The molecule has 2 aromatic heterocycles. The van der Waals surface area contributed by atoms with Gasteiger partial charge < -0.3 is 4.74 Å². The Balaban J connectivity index is 1.47. The summed E-state index contributed by atoms with van der Waals surface area (Å²) in [6.45, 7) is 3.23. The largest absolute Gasteiger partial charge is 0.456 e. The monoisotopic (exact) mass is 459 g/mol. The molecule has 0 spiro atoms. The van der Waals surface area contributed by atoms with Gasteiger partial charge in [0.1, 0.15) is 6.04 Å². The van der Waals surface area contributed by atoms with E-state index in [1.807, 2.05) is 0 Å². The van der Waals surface area contributed by atoms with Crippen LogP contribution in [0.25, 0.3) is 16.7 Å². The van der Waals surface area contributed by atoms with Gasteiger partial charge in [-0.2, -0.15) is 0 Å². The van der Waals surface area contributed by atoms with Crippen molar-refractivity contribution in [1.29, 1.82) is 0 Å². The number of hydrogen-bond donors (Lipinski definition) is 0. The molecule has 10 nitrogen and oxygen atoms in total. The molecule has 10 heteroatoms. The quantitative estimate of drug-likeness (QED) is 0.331. The Morgan fingerprint density at radius 3 is 2.21 bits per heavy atom. The van der Waals surface area contributed by atoms with Crippen molar-refractivity contribution in [1.82, 2.24) is 24.1 Å². The zero-order chi connectivity index (χ0) is 24.1. The van der Waals surface area contributed by atoms with E-state index in [0.717, 1.165) is 4.90 Å². The second kappa shape index (κ2) is 7.91. The predicted molar refractivity (Wildman–Crippen MR) is 121 cm³/mol. The summed E-state index contributed by atoms with van der Waals surface area (Å²) < 4.78 is 8.57. The number of ether oxygens (including phenoxy) is 1. The fourth-order valence-corrected chi connectivity index (χ4v) is 4.34. The van der Waals surface area contributed by atoms with Crippen LogP contribution in [0.15, 0.2) is 53.3 Å². The molecule has 0 saturated carbocycles. The number of benzene rings is 2. The van der Waals surface area contributed by atoms with E-state index in [1.54, 1.807) is 73.8 Å². The lowest BCUT2D eigenvalue weighted by Crippen LogP contribution is -2.48. The smallest absolute Gasteiger partial charge is 0.330 e. The third-order valence-corrected chi connectivity index (χ3v) is 6.01. The van der Waals surface area contributed by atoms with Gasteiger partial charge in [0, 0.05) is 7.05 Å². The zero-order valence-electron chi connectivity index (χ0n) is 18.8. The Kier molecular flexibility index (Phi) is 5.00. The number of carbonyl (C=O) groups excluding carboxylic acids is 3. The summed E-state index contributed by atoms with van der Waals surface area (Å²) in [5.41, 5.74) is 0.894. The van der Waals surface area contributed by atoms with Gasteiger partial charge in [0.05, 0.1) is 22.0 Å². The first-order valence-corrected chi connectivity index (χ1v) is 10.8. The molecule has 172 valence electrons. The summed E-state index contributed by atoms with van der Waals surface area (Å²) in [4.78, 5) is 52.6. The van der Waals surface area contributed by atoms with Crippen LogP contribution < -0.4 is 5.56 Å². The third-order valence-electron chi connectivity index (χ3n) is 6.01. The van der Waals surface area contributed by atoms with Gasteiger partial charge in [-0.1, -0.05) is 38.1 Å². The molecule has 34 heavy (non-hydrogen) atoms. The number of hydrogen-bond acceptors (Lipinski definition) is 7. The van der Waals surface area contributed by atoms with Crippen molar-refractivity contribution < 1.29 is 19.1 Å². The highest BCUT2D eigenvalue weighted by Gasteiger charge is 2.44. The molecule has 1 unspecified atom stereocenters. The molecule has 1 aliphatic heterocycles. The lowest BCUT2D eigenvalue weighted by atomic mass is 10.0. The molecule has 1 aliphatic rings. The first kappa shape index (κ1) is 21.5. The highest BCUT2D eigenvalue weighted by atomic mass is 16.5. The molecule has 0 radical (unpaired) electrons. The molecule has 0 aliphatic carbocycles. The molecular formula is C24H21N5O5. The molecule has 2 aromatic carbocycles. The van der Waals surface area contributed by atoms with E-state index < -0.39 is 23.8 Å². The van der Waals surface area contributed by atoms with Crippen molar-refractivity contribution in [2.75, 3.05) is 0 Å². The number of fused-ring (bicyclic) bond motifs is 4.